The number of rotatable bonds is 9. The molecule has 1 amide bonds. The Hall–Kier alpha value is -3.28. The molecule has 0 aliphatic heterocycles. The summed E-state index contributed by atoms with van der Waals surface area (Å²) in [7, 11) is 1.60. The third-order valence-corrected chi connectivity index (χ3v) is 5.76. The van der Waals surface area contributed by atoms with Gasteiger partial charge in [-0.05, 0) is 61.1 Å². The van der Waals surface area contributed by atoms with Crippen molar-refractivity contribution in [3.63, 3.8) is 0 Å². The van der Waals surface area contributed by atoms with E-state index in [1.165, 1.54) is 37.8 Å². The lowest BCUT2D eigenvalue weighted by Crippen LogP contribution is -2.25. The summed E-state index contributed by atoms with van der Waals surface area (Å²) in [6.07, 6.45) is 10.3. The van der Waals surface area contributed by atoms with Crippen molar-refractivity contribution >= 4 is 23.6 Å². The minimum absolute atomic E-state index is 0.0429. The van der Waals surface area contributed by atoms with Crippen LogP contribution in [0.4, 0.5) is 5.69 Å². The minimum Gasteiger partial charge on any atom is -0.493 e. The quantitative estimate of drug-likeness (QED) is 0.486. The second kappa shape index (κ2) is 11.4. The number of carboxylic acids is 1. The number of hydrogen-bond acceptors (Lipinski definition) is 4. The van der Waals surface area contributed by atoms with Gasteiger partial charge in [-0.3, -0.25) is 4.79 Å². The average molecular weight is 438 g/mol. The number of carbonyl (C=O) groups excluding carboxylic acids is 1. The van der Waals surface area contributed by atoms with Crippen molar-refractivity contribution in [1.82, 2.24) is 0 Å². The van der Waals surface area contributed by atoms with Crippen LogP contribution in [0, 0.1) is 5.92 Å². The molecule has 1 saturated carbocycles. The Labute approximate surface area is 189 Å². The van der Waals surface area contributed by atoms with E-state index in [-0.39, 0.29) is 17.4 Å². The molecule has 2 aromatic carbocycles. The van der Waals surface area contributed by atoms with Gasteiger partial charge in [0.25, 0.3) is 0 Å². The van der Waals surface area contributed by atoms with E-state index in [1.807, 2.05) is 18.2 Å². The summed E-state index contributed by atoms with van der Waals surface area (Å²) in [5.74, 6) is 0.566. The number of anilines is 1. The fourth-order valence-electron chi connectivity index (χ4n) is 4.21. The highest BCUT2D eigenvalue weighted by molar-refractivity contribution is 6.06. The number of carbonyl (C=O) groups is 2. The maximum Gasteiger partial charge on any atom is 0.337 e. The molecule has 1 aliphatic carbocycles. The highest BCUT2D eigenvalue weighted by Crippen LogP contribution is 2.34. The average Bonchev–Trinajstić information content (AvgIpc) is 2.79. The van der Waals surface area contributed by atoms with Gasteiger partial charge in [0.1, 0.15) is 0 Å². The molecular weight excluding hydrogens is 406 g/mol. The molecule has 0 radical (unpaired) electrons. The second-order valence-corrected chi connectivity index (χ2v) is 8.14. The van der Waals surface area contributed by atoms with E-state index >= 15 is 0 Å². The third-order valence-electron chi connectivity index (χ3n) is 5.76. The summed E-state index contributed by atoms with van der Waals surface area (Å²) in [4.78, 5) is 23.6. The molecule has 0 bridgehead atoms. The van der Waals surface area contributed by atoms with Crippen molar-refractivity contribution < 1.29 is 24.2 Å². The number of hydrogen-bond donors (Lipinski definition) is 2. The smallest absolute Gasteiger partial charge is 0.337 e. The number of ether oxygens (including phenoxy) is 2. The molecule has 0 saturated heterocycles. The van der Waals surface area contributed by atoms with Crippen molar-refractivity contribution in [2.45, 2.75) is 51.6 Å². The van der Waals surface area contributed by atoms with Gasteiger partial charge in [-0.15, -0.1) is 0 Å². The zero-order valence-corrected chi connectivity index (χ0v) is 18.7. The largest absolute Gasteiger partial charge is 0.493 e. The predicted octanol–water partition coefficient (Wildman–Crippen LogP) is 5.78. The lowest BCUT2D eigenvalue weighted by Gasteiger charge is -2.30. The molecule has 0 heterocycles. The van der Waals surface area contributed by atoms with Crippen LogP contribution in [0.15, 0.2) is 48.5 Å². The SMILES string of the molecule is CCCC1CCCC(Oc2ccc(/C=C/C(=O)Nc3ccccc3C(=O)O)cc2OC)C1. The number of carboxylic acid groups (broad SMARTS) is 1. The van der Waals surface area contributed by atoms with Crippen LogP contribution in [0.2, 0.25) is 0 Å². The maximum absolute atomic E-state index is 12.3. The first-order valence-corrected chi connectivity index (χ1v) is 11.2. The zero-order chi connectivity index (χ0) is 22.9. The summed E-state index contributed by atoms with van der Waals surface area (Å²) in [5.41, 5.74) is 1.08. The Morgan fingerprint density at radius 3 is 2.72 bits per heavy atom. The molecule has 0 aromatic heterocycles. The zero-order valence-electron chi connectivity index (χ0n) is 18.7. The standard InChI is InChI=1S/C26H31NO5/c1-3-7-18-8-6-9-20(16-18)32-23-14-12-19(17-24(23)31-2)13-15-25(28)27-22-11-5-4-10-21(22)26(29)30/h4-5,10-15,17-18,20H,3,6-9,16H2,1-2H3,(H,27,28)(H,29,30)/b15-13+. The van der Waals surface area contributed by atoms with E-state index in [1.54, 1.807) is 31.4 Å². The van der Waals surface area contributed by atoms with Gasteiger partial charge in [0.2, 0.25) is 5.91 Å². The van der Waals surface area contributed by atoms with Gasteiger partial charge in [0.15, 0.2) is 11.5 Å². The first-order valence-electron chi connectivity index (χ1n) is 11.2. The number of methoxy groups -OCH3 is 1. The van der Waals surface area contributed by atoms with Crippen molar-refractivity contribution in [2.75, 3.05) is 12.4 Å². The Morgan fingerprint density at radius 1 is 1.16 bits per heavy atom. The highest BCUT2D eigenvalue weighted by Gasteiger charge is 2.23. The van der Waals surface area contributed by atoms with Crippen molar-refractivity contribution in [3.05, 3.63) is 59.7 Å². The minimum atomic E-state index is -1.09. The van der Waals surface area contributed by atoms with Gasteiger partial charge in [0, 0.05) is 6.08 Å². The van der Waals surface area contributed by atoms with Crippen LogP contribution in [-0.4, -0.2) is 30.2 Å². The van der Waals surface area contributed by atoms with Gasteiger partial charge in [0.05, 0.1) is 24.5 Å². The molecule has 3 rings (SSSR count). The van der Waals surface area contributed by atoms with Crippen molar-refractivity contribution in [2.24, 2.45) is 5.92 Å². The van der Waals surface area contributed by atoms with Crippen LogP contribution in [0.5, 0.6) is 11.5 Å². The summed E-state index contributed by atoms with van der Waals surface area (Å²) < 4.78 is 11.8. The topological polar surface area (TPSA) is 84.9 Å². The fraction of sp³-hybridized carbons (Fsp3) is 0.385. The normalized spacial score (nSPS) is 18.3. The molecular formula is C26H31NO5. The molecule has 2 atom stereocenters. The Bertz CT molecular complexity index is 966. The first kappa shape index (κ1) is 23.4. The predicted molar refractivity (Wildman–Crippen MR) is 125 cm³/mol. The molecule has 6 heteroatoms. The Morgan fingerprint density at radius 2 is 1.97 bits per heavy atom. The van der Waals surface area contributed by atoms with E-state index < -0.39 is 11.9 Å². The van der Waals surface area contributed by atoms with Gasteiger partial charge in [-0.25, -0.2) is 4.79 Å². The number of benzene rings is 2. The lowest BCUT2D eigenvalue weighted by atomic mass is 9.84. The van der Waals surface area contributed by atoms with Crippen LogP contribution in [0.25, 0.3) is 6.08 Å². The molecule has 170 valence electrons. The second-order valence-electron chi connectivity index (χ2n) is 8.14. The monoisotopic (exact) mass is 437 g/mol. The molecule has 2 unspecified atom stereocenters. The fourth-order valence-corrected chi connectivity index (χ4v) is 4.21. The van der Waals surface area contributed by atoms with Gasteiger partial charge < -0.3 is 19.9 Å². The van der Waals surface area contributed by atoms with E-state index in [9.17, 15) is 14.7 Å². The van der Waals surface area contributed by atoms with Crippen LogP contribution >= 0.6 is 0 Å². The molecule has 2 N–H and O–H groups in total. The summed E-state index contributed by atoms with van der Waals surface area (Å²) in [6, 6.07) is 11.9. The van der Waals surface area contributed by atoms with E-state index in [4.69, 9.17) is 9.47 Å². The summed E-state index contributed by atoms with van der Waals surface area (Å²) >= 11 is 0. The number of aromatic carboxylic acids is 1. The molecule has 2 aromatic rings. The Balaban J connectivity index is 1.64. The first-order chi connectivity index (χ1) is 15.5. The highest BCUT2D eigenvalue weighted by atomic mass is 16.5. The number of para-hydroxylation sites is 1. The van der Waals surface area contributed by atoms with E-state index in [0.717, 1.165) is 24.3 Å². The summed E-state index contributed by atoms with van der Waals surface area (Å²) in [6.45, 7) is 2.23. The van der Waals surface area contributed by atoms with Gasteiger partial charge in [-0.2, -0.15) is 0 Å². The molecule has 32 heavy (non-hydrogen) atoms. The molecule has 1 aliphatic rings. The Kier molecular flexibility index (Phi) is 8.31. The molecule has 1 fully saturated rings. The number of nitrogens with one attached hydrogen (secondary N) is 1. The van der Waals surface area contributed by atoms with Crippen molar-refractivity contribution in [1.29, 1.82) is 0 Å². The number of amides is 1. The van der Waals surface area contributed by atoms with Gasteiger partial charge in [-0.1, -0.05) is 44.4 Å². The summed E-state index contributed by atoms with van der Waals surface area (Å²) in [5, 5.41) is 11.8. The van der Waals surface area contributed by atoms with Crippen LogP contribution in [-0.2, 0) is 4.79 Å². The molecule has 6 nitrogen and oxygen atoms in total. The van der Waals surface area contributed by atoms with Crippen molar-refractivity contribution in [3.8, 4) is 11.5 Å². The van der Waals surface area contributed by atoms with Crippen LogP contribution in [0.3, 0.4) is 0 Å². The third kappa shape index (κ3) is 6.36. The van der Waals surface area contributed by atoms with Crippen LogP contribution in [0.1, 0.15) is 61.4 Å². The van der Waals surface area contributed by atoms with Gasteiger partial charge >= 0.3 is 5.97 Å². The molecule has 0 spiro atoms. The van der Waals surface area contributed by atoms with Crippen LogP contribution < -0.4 is 14.8 Å². The lowest BCUT2D eigenvalue weighted by molar-refractivity contribution is -0.111. The van der Waals surface area contributed by atoms with E-state index in [0.29, 0.717) is 11.5 Å². The van der Waals surface area contributed by atoms with E-state index in [2.05, 4.69) is 12.2 Å². The maximum atomic E-state index is 12.3.